The number of pyridine rings is 1. The molecular weight excluding hydrogens is 314 g/mol. The number of aliphatic imine (C=N–C) groups is 1. The molecule has 134 valence electrons. The largest absolute Gasteiger partial charge is 0.505 e. The van der Waals surface area contributed by atoms with Crippen molar-refractivity contribution in [3.8, 4) is 5.75 Å². The lowest BCUT2D eigenvalue weighted by molar-refractivity contribution is -0.926. The summed E-state index contributed by atoms with van der Waals surface area (Å²) in [6.07, 6.45) is 3.25. The number of benzene rings is 1. The molecule has 1 aromatic carbocycles. The molecule has 0 aliphatic carbocycles. The first-order valence-corrected chi connectivity index (χ1v) is 8.79. The van der Waals surface area contributed by atoms with Gasteiger partial charge in [-0.15, -0.1) is 0 Å². The highest BCUT2D eigenvalue weighted by molar-refractivity contribution is 5.85. The maximum absolute atomic E-state index is 10.2. The highest BCUT2D eigenvalue weighted by Gasteiger charge is 2.21. The van der Waals surface area contributed by atoms with E-state index in [9.17, 15) is 10.2 Å². The molecule has 0 amide bonds. The van der Waals surface area contributed by atoms with Gasteiger partial charge in [-0.1, -0.05) is 30.3 Å². The van der Waals surface area contributed by atoms with E-state index in [1.54, 1.807) is 19.3 Å². The Bertz CT molecular complexity index is 698. The van der Waals surface area contributed by atoms with Crippen LogP contribution in [0.2, 0.25) is 0 Å². The van der Waals surface area contributed by atoms with E-state index in [4.69, 9.17) is 0 Å². The normalized spacial score (nSPS) is 12.8. The van der Waals surface area contributed by atoms with E-state index >= 15 is 0 Å². The highest BCUT2D eigenvalue weighted by atomic mass is 16.3. The number of aliphatic hydroxyl groups is 1. The van der Waals surface area contributed by atoms with Gasteiger partial charge in [0, 0.05) is 29.1 Å². The molecule has 2 aromatic rings. The van der Waals surface area contributed by atoms with Gasteiger partial charge in [0.05, 0.1) is 31.9 Å². The summed E-state index contributed by atoms with van der Waals surface area (Å²) >= 11 is 0. The first-order chi connectivity index (χ1) is 12.1. The van der Waals surface area contributed by atoms with E-state index in [0.29, 0.717) is 23.4 Å². The maximum Gasteiger partial charge on any atom is 0.145 e. The molecule has 0 saturated heterocycles. The molecule has 3 N–H and O–H groups in total. The van der Waals surface area contributed by atoms with Crippen LogP contribution in [-0.4, -0.2) is 41.0 Å². The number of aromatic nitrogens is 1. The predicted molar refractivity (Wildman–Crippen MR) is 100 cm³/mol. The van der Waals surface area contributed by atoms with Gasteiger partial charge in [0.15, 0.2) is 0 Å². The highest BCUT2D eigenvalue weighted by Crippen LogP contribution is 2.22. The zero-order valence-electron chi connectivity index (χ0n) is 15.2. The number of quaternary nitrogens is 1. The van der Waals surface area contributed by atoms with Gasteiger partial charge in [0.2, 0.25) is 0 Å². The maximum atomic E-state index is 10.2. The predicted octanol–water partition coefficient (Wildman–Crippen LogP) is 1.67. The van der Waals surface area contributed by atoms with Gasteiger partial charge in [-0.05, 0) is 20.8 Å². The van der Waals surface area contributed by atoms with E-state index in [1.165, 1.54) is 10.5 Å². The number of hydrogen-bond donors (Lipinski definition) is 3. The van der Waals surface area contributed by atoms with Gasteiger partial charge in [-0.2, -0.15) is 0 Å². The Morgan fingerprint density at radius 3 is 2.48 bits per heavy atom. The Kier molecular flexibility index (Phi) is 7.10. The van der Waals surface area contributed by atoms with Crippen molar-refractivity contribution in [1.82, 2.24) is 4.98 Å². The fourth-order valence-electron chi connectivity index (χ4n) is 3.07. The van der Waals surface area contributed by atoms with Crippen molar-refractivity contribution in [2.45, 2.75) is 33.4 Å². The van der Waals surface area contributed by atoms with Gasteiger partial charge < -0.3 is 15.1 Å². The third-order valence-electron chi connectivity index (χ3n) is 4.64. The molecule has 5 nitrogen and oxygen atoms in total. The van der Waals surface area contributed by atoms with Gasteiger partial charge in [-0.3, -0.25) is 9.98 Å². The minimum absolute atomic E-state index is 0.0850. The van der Waals surface area contributed by atoms with E-state index < -0.39 is 0 Å². The number of nitrogens with zero attached hydrogens (tertiary/aromatic N) is 2. The van der Waals surface area contributed by atoms with Gasteiger partial charge >= 0.3 is 0 Å². The van der Waals surface area contributed by atoms with Crippen LogP contribution >= 0.6 is 0 Å². The van der Waals surface area contributed by atoms with Crippen molar-refractivity contribution in [2.24, 2.45) is 4.99 Å². The summed E-state index contributed by atoms with van der Waals surface area (Å²) < 4.78 is 0. The SMILES string of the molecule is CC[NH+](CC)[C@H](CN=Cc1c(CO)cnc(C)c1O)c1ccccc1. The molecule has 1 heterocycles. The van der Waals surface area contributed by atoms with Crippen molar-refractivity contribution in [2.75, 3.05) is 19.6 Å². The molecule has 2 rings (SSSR count). The summed E-state index contributed by atoms with van der Waals surface area (Å²) in [6.45, 7) is 8.58. The van der Waals surface area contributed by atoms with Crippen LogP contribution in [0, 0.1) is 6.92 Å². The van der Waals surface area contributed by atoms with Crippen molar-refractivity contribution < 1.29 is 15.1 Å². The minimum Gasteiger partial charge on any atom is -0.505 e. The molecule has 1 aromatic heterocycles. The first kappa shape index (κ1) is 19.1. The summed E-state index contributed by atoms with van der Waals surface area (Å²) in [6, 6.07) is 10.7. The topological polar surface area (TPSA) is 70.2 Å². The molecule has 0 aliphatic rings. The number of aliphatic hydroxyl groups excluding tert-OH is 1. The Morgan fingerprint density at radius 2 is 1.88 bits per heavy atom. The molecule has 0 radical (unpaired) electrons. The number of aromatic hydroxyl groups is 1. The molecule has 0 saturated carbocycles. The summed E-state index contributed by atoms with van der Waals surface area (Å²) in [4.78, 5) is 10.1. The van der Waals surface area contributed by atoms with Crippen molar-refractivity contribution >= 4 is 6.21 Å². The van der Waals surface area contributed by atoms with Gasteiger partial charge in [-0.25, -0.2) is 0 Å². The molecule has 0 fully saturated rings. The molecular formula is C20H28N3O2+. The third-order valence-corrected chi connectivity index (χ3v) is 4.64. The number of aryl methyl sites for hydroxylation is 1. The summed E-state index contributed by atoms with van der Waals surface area (Å²) in [7, 11) is 0. The molecule has 0 aliphatic heterocycles. The van der Waals surface area contributed by atoms with Crippen LogP contribution in [0.1, 0.15) is 42.3 Å². The second-order valence-electron chi connectivity index (χ2n) is 6.11. The zero-order valence-corrected chi connectivity index (χ0v) is 15.2. The monoisotopic (exact) mass is 342 g/mol. The van der Waals surface area contributed by atoms with Crippen LogP contribution in [0.4, 0.5) is 0 Å². The standard InChI is InChI=1S/C20H27N3O2/c1-4-23(5-2)19(16-9-7-6-8-10-16)13-21-12-18-17(14-24)11-22-15(3)20(18)25/h6-12,19,24-25H,4-5,13-14H2,1-3H3/p+1/t19-/m1/s1. The van der Waals surface area contributed by atoms with Gasteiger partial charge in [0.1, 0.15) is 11.8 Å². The Labute approximate surface area is 149 Å². The molecule has 0 bridgehead atoms. The van der Waals surface area contributed by atoms with Gasteiger partial charge in [0.25, 0.3) is 0 Å². The Hall–Kier alpha value is -2.24. The number of hydrogen-bond acceptors (Lipinski definition) is 4. The van der Waals surface area contributed by atoms with Crippen molar-refractivity contribution in [3.63, 3.8) is 0 Å². The molecule has 0 unspecified atom stereocenters. The fraction of sp³-hybridized carbons (Fsp3) is 0.400. The number of likely N-dealkylation sites (N-methyl/N-ethyl adjacent to an activating group) is 1. The second-order valence-corrected chi connectivity index (χ2v) is 6.11. The third kappa shape index (κ3) is 4.65. The van der Waals surface area contributed by atoms with Crippen LogP contribution in [-0.2, 0) is 6.61 Å². The van der Waals surface area contributed by atoms with E-state index in [1.807, 2.05) is 6.07 Å². The quantitative estimate of drug-likeness (QED) is 0.639. The average Bonchev–Trinajstić information content (AvgIpc) is 2.65. The Balaban J connectivity index is 2.26. The summed E-state index contributed by atoms with van der Waals surface area (Å²) in [5, 5.41) is 19.7. The van der Waals surface area contributed by atoms with Crippen molar-refractivity contribution in [3.05, 3.63) is 58.9 Å². The lowest BCUT2D eigenvalue weighted by Gasteiger charge is -2.25. The molecule has 25 heavy (non-hydrogen) atoms. The van der Waals surface area contributed by atoms with Crippen LogP contribution in [0.5, 0.6) is 5.75 Å². The van der Waals surface area contributed by atoms with E-state index in [0.717, 1.165) is 13.1 Å². The smallest absolute Gasteiger partial charge is 0.145 e. The lowest BCUT2D eigenvalue weighted by Crippen LogP contribution is -3.12. The second kappa shape index (κ2) is 9.30. The molecule has 0 spiro atoms. The average molecular weight is 342 g/mol. The van der Waals surface area contributed by atoms with E-state index in [2.05, 4.69) is 48.1 Å². The van der Waals surface area contributed by atoms with Crippen LogP contribution in [0.3, 0.4) is 0 Å². The number of rotatable bonds is 8. The molecule has 1 atom stereocenters. The minimum atomic E-state index is -0.175. The zero-order chi connectivity index (χ0) is 18.2. The molecule has 5 heteroatoms. The first-order valence-electron chi connectivity index (χ1n) is 8.79. The number of nitrogens with one attached hydrogen (secondary N) is 1. The van der Waals surface area contributed by atoms with Crippen LogP contribution < -0.4 is 4.90 Å². The van der Waals surface area contributed by atoms with Crippen LogP contribution in [0.25, 0.3) is 0 Å². The van der Waals surface area contributed by atoms with E-state index in [-0.39, 0.29) is 18.4 Å². The Morgan fingerprint density at radius 1 is 1.20 bits per heavy atom. The van der Waals surface area contributed by atoms with Crippen LogP contribution in [0.15, 0.2) is 41.5 Å². The fourth-order valence-corrected chi connectivity index (χ4v) is 3.07. The lowest BCUT2D eigenvalue weighted by atomic mass is 10.1. The summed E-state index contributed by atoms with van der Waals surface area (Å²) in [5.74, 6) is 0.0850. The van der Waals surface area contributed by atoms with Crippen molar-refractivity contribution in [1.29, 1.82) is 0 Å². The summed E-state index contributed by atoms with van der Waals surface area (Å²) in [5.41, 5.74) is 2.93.